The van der Waals surface area contributed by atoms with Gasteiger partial charge in [-0.2, -0.15) is 13.2 Å². The van der Waals surface area contributed by atoms with Gasteiger partial charge in [-0.05, 0) is 35.9 Å². The third-order valence-electron chi connectivity index (χ3n) is 3.55. The molecule has 0 spiro atoms. The van der Waals surface area contributed by atoms with Crippen molar-refractivity contribution < 1.29 is 22.6 Å². The number of benzene rings is 2. The van der Waals surface area contributed by atoms with Crippen molar-refractivity contribution in [2.24, 2.45) is 0 Å². The monoisotopic (exact) mass is 294 g/mol. The van der Waals surface area contributed by atoms with E-state index in [0.717, 1.165) is 34.8 Å². The molecule has 0 saturated heterocycles. The maximum Gasteiger partial charge on any atom is 0.416 e. The van der Waals surface area contributed by atoms with Crippen molar-refractivity contribution in [3.05, 3.63) is 59.2 Å². The number of fused-ring (bicyclic) bond motifs is 1. The summed E-state index contributed by atoms with van der Waals surface area (Å²) in [6.45, 7) is 0. The average molecular weight is 294 g/mol. The molecule has 1 atom stereocenters. The minimum Gasteiger partial charge on any atom is -0.497 e. The van der Waals surface area contributed by atoms with Crippen molar-refractivity contribution in [1.29, 1.82) is 0 Å². The van der Waals surface area contributed by atoms with E-state index >= 15 is 0 Å². The molecule has 0 saturated carbocycles. The predicted octanol–water partition coefficient (Wildman–Crippen LogP) is 4.39. The van der Waals surface area contributed by atoms with Crippen LogP contribution in [0.4, 0.5) is 13.2 Å². The van der Waals surface area contributed by atoms with Crippen LogP contribution in [-0.4, -0.2) is 7.11 Å². The summed E-state index contributed by atoms with van der Waals surface area (Å²) in [5.41, 5.74) is 1.08. The molecule has 0 N–H and O–H groups in total. The molecule has 110 valence electrons. The van der Waals surface area contributed by atoms with Crippen LogP contribution in [0.25, 0.3) is 0 Å². The number of ether oxygens (including phenoxy) is 2. The predicted molar refractivity (Wildman–Crippen MR) is 71.5 cm³/mol. The lowest BCUT2D eigenvalue weighted by molar-refractivity contribution is -0.137. The molecule has 3 rings (SSSR count). The highest BCUT2D eigenvalue weighted by Crippen LogP contribution is 2.39. The molecule has 0 bridgehead atoms. The second-order valence-corrected chi connectivity index (χ2v) is 4.90. The molecule has 0 amide bonds. The van der Waals surface area contributed by atoms with Gasteiger partial charge in [0.05, 0.1) is 12.7 Å². The maximum absolute atomic E-state index is 12.6. The Labute approximate surface area is 120 Å². The van der Waals surface area contributed by atoms with Crippen molar-refractivity contribution in [3.63, 3.8) is 0 Å². The minimum absolute atomic E-state index is 0.255. The molecule has 2 aromatic rings. The molecule has 1 unspecified atom stereocenters. The second kappa shape index (κ2) is 4.98. The van der Waals surface area contributed by atoms with Crippen molar-refractivity contribution in [2.45, 2.75) is 18.7 Å². The topological polar surface area (TPSA) is 18.5 Å². The first kappa shape index (κ1) is 13.8. The van der Waals surface area contributed by atoms with Crippen LogP contribution in [0.5, 0.6) is 11.5 Å². The van der Waals surface area contributed by atoms with E-state index in [9.17, 15) is 13.2 Å². The highest BCUT2D eigenvalue weighted by Gasteiger charge is 2.31. The van der Waals surface area contributed by atoms with Gasteiger partial charge in [-0.25, -0.2) is 0 Å². The third kappa shape index (κ3) is 2.68. The number of rotatable bonds is 2. The summed E-state index contributed by atoms with van der Waals surface area (Å²) in [6.07, 6.45) is -3.95. The first-order chi connectivity index (χ1) is 9.97. The summed E-state index contributed by atoms with van der Waals surface area (Å²) >= 11 is 0. The van der Waals surface area contributed by atoms with Gasteiger partial charge in [0.1, 0.15) is 17.6 Å². The van der Waals surface area contributed by atoms with Gasteiger partial charge in [-0.15, -0.1) is 0 Å². The Morgan fingerprint density at radius 2 is 1.81 bits per heavy atom. The van der Waals surface area contributed by atoms with Gasteiger partial charge in [-0.1, -0.05) is 12.1 Å². The van der Waals surface area contributed by atoms with E-state index in [4.69, 9.17) is 9.47 Å². The normalized spacial score (nSPS) is 17.2. The van der Waals surface area contributed by atoms with E-state index in [1.54, 1.807) is 13.2 Å². The van der Waals surface area contributed by atoms with Gasteiger partial charge < -0.3 is 9.47 Å². The number of methoxy groups -OCH3 is 1. The van der Waals surface area contributed by atoms with Crippen molar-refractivity contribution in [3.8, 4) is 11.5 Å². The fraction of sp³-hybridized carbons (Fsp3) is 0.250. The molecular weight excluding hydrogens is 281 g/mol. The van der Waals surface area contributed by atoms with Crippen molar-refractivity contribution in [1.82, 2.24) is 0 Å². The Hall–Kier alpha value is -2.17. The third-order valence-corrected chi connectivity index (χ3v) is 3.55. The number of alkyl halides is 3. The molecule has 21 heavy (non-hydrogen) atoms. The summed E-state index contributed by atoms with van der Waals surface area (Å²) in [5, 5.41) is 0. The summed E-state index contributed by atoms with van der Waals surface area (Å²) in [5.74, 6) is 1.49. The minimum atomic E-state index is -4.31. The zero-order valence-electron chi connectivity index (χ0n) is 11.3. The average Bonchev–Trinajstić information content (AvgIpc) is 2.89. The van der Waals surface area contributed by atoms with Crippen molar-refractivity contribution in [2.75, 3.05) is 7.11 Å². The molecule has 0 aromatic heterocycles. The SMILES string of the molecule is COc1ccc2c(c1)CC(c1ccc(C(F)(F)F)cc1)O2. The molecule has 0 fully saturated rings. The van der Waals surface area contributed by atoms with E-state index in [2.05, 4.69) is 0 Å². The lowest BCUT2D eigenvalue weighted by atomic mass is 10.0. The van der Waals surface area contributed by atoms with Gasteiger partial charge in [0, 0.05) is 12.0 Å². The molecule has 1 aliphatic heterocycles. The summed E-state index contributed by atoms with van der Waals surface area (Å²) in [4.78, 5) is 0. The van der Waals surface area contributed by atoms with Crippen molar-refractivity contribution >= 4 is 0 Å². The fourth-order valence-electron chi connectivity index (χ4n) is 2.42. The first-order valence-corrected chi connectivity index (χ1v) is 6.48. The van der Waals surface area contributed by atoms with E-state index < -0.39 is 11.7 Å². The second-order valence-electron chi connectivity index (χ2n) is 4.90. The molecule has 1 aliphatic rings. The standard InChI is InChI=1S/C16H13F3O2/c1-20-13-6-7-14-11(8-13)9-15(21-14)10-2-4-12(5-3-10)16(17,18)19/h2-8,15H,9H2,1H3. The summed E-state index contributed by atoms with van der Waals surface area (Å²) < 4.78 is 48.6. The summed E-state index contributed by atoms with van der Waals surface area (Å²) in [6, 6.07) is 10.6. The quantitative estimate of drug-likeness (QED) is 0.818. The Morgan fingerprint density at radius 3 is 2.43 bits per heavy atom. The van der Waals surface area contributed by atoms with Gasteiger partial charge in [0.15, 0.2) is 0 Å². The van der Waals surface area contributed by atoms with Crippen LogP contribution in [0, 0.1) is 0 Å². The number of hydrogen-bond donors (Lipinski definition) is 0. The smallest absolute Gasteiger partial charge is 0.416 e. The van der Waals surface area contributed by atoms with Crippen LogP contribution in [-0.2, 0) is 12.6 Å². The van der Waals surface area contributed by atoms with Gasteiger partial charge in [0.2, 0.25) is 0 Å². The number of halogens is 3. The van der Waals surface area contributed by atoms with Crippen LogP contribution in [0.2, 0.25) is 0 Å². The van der Waals surface area contributed by atoms with E-state index in [1.165, 1.54) is 12.1 Å². The fourth-order valence-corrected chi connectivity index (χ4v) is 2.42. The Morgan fingerprint density at radius 1 is 1.10 bits per heavy atom. The van der Waals surface area contributed by atoms with Gasteiger partial charge >= 0.3 is 6.18 Å². The summed E-state index contributed by atoms with van der Waals surface area (Å²) in [7, 11) is 1.59. The van der Waals surface area contributed by atoms with Crippen LogP contribution in [0.1, 0.15) is 22.8 Å². The largest absolute Gasteiger partial charge is 0.497 e. The Bertz CT molecular complexity index is 648. The molecule has 5 heteroatoms. The lowest BCUT2D eigenvalue weighted by Gasteiger charge is -2.12. The molecule has 2 nitrogen and oxygen atoms in total. The molecule has 0 radical (unpaired) electrons. The number of hydrogen-bond acceptors (Lipinski definition) is 2. The van der Waals surface area contributed by atoms with Crippen LogP contribution >= 0.6 is 0 Å². The van der Waals surface area contributed by atoms with Crippen LogP contribution in [0.3, 0.4) is 0 Å². The molecule has 2 aromatic carbocycles. The highest BCUT2D eigenvalue weighted by molar-refractivity contribution is 5.44. The van der Waals surface area contributed by atoms with Crippen LogP contribution in [0.15, 0.2) is 42.5 Å². The van der Waals surface area contributed by atoms with E-state index in [-0.39, 0.29) is 6.10 Å². The van der Waals surface area contributed by atoms with Crippen LogP contribution < -0.4 is 9.47 Å². The molecular formula is C16H13F3O2. The highest BCUT2D eigenvalue weighted by atomic mass is 19.4. The zero-order valence-corrected chi connectivity index (χ0v) is 11.3. The molecule has 1 heterocycles. The first-order valence-electron chi connectivity index (χ1n) is 6.48. The molecule has 0 aliphatic carbocycles. The Balaban J connectivity index is 1.81. The van der Waals surface area contributed by atoms with E-state index in [1.807, 2.05) is 12.1 Å². The zero-order chi connectivity index (χ0) is 15.0. The van der Waals surface area contributed by atoms with Gasteiger partial charge in [-0.3, -0.25) is 0 Å². The van der Waals surface area contributed by atoms with E-state index in [0.29, 0.717) is 6.42 Å². The Kier molecular flexibility index (Phi) is 3.27. The van der Waals surface area contributed by atoms with Gasteiger partial charge in [0.25, 0.3) is 0 Å². The maximum atomic E-state index is 12.6. The lowest BCUT2D eigenvalue weighted by Crippen LogP contribution is -2.07.